The van der Waals surface area contributed by atoms with Gasteiger partial charge in [-0.15, -0.1) is 11.3 Å². The number of thiophene rings is 1. The zero-order valence-electron chi connectivity index (χ0n) is 13.5. The van der Waals surface area contributed by atoms with Crippen molar-refractivity contribution in [1.82, 2.24) is 5.32 Å². The lowest BCUT2D eigenvalue weighted by Crippen LogP contribution is -2.21. The molecule has 0 fully saturated rings. The van der Waals surface area contributed by atoms with Crippen LogP contribution in [0.25, 0.3) is 10.4 Å². The first-order valence-corrected chi connectivity index (χ1v) is 9.02. The summed E-state index contributed by atoms with van der Waals surface area (Å²) in [6, 6.07) is 14.1. The topological polar surface area (TPSA) is 12.0 Å². The van der Waals surface area contributed by atoms with Crippen molar-refractivity contribution in [2.24, 2.45) is 0 Å². The van der Waals surface area contributed by atoms with Crippen molar-refractivity contribution in [3.05, 3.63) is 46.8 Å². The van der Waals surface area contributed by atoms with Gasteiger partial charge in [-0.25, -0.2) is 0 Å². The molecule has 1 aromatic heterocycles. The smallest absolute Gasteiger partial charge is 0.0414 e. The van der Waals surface area contributed by atoms with Crippen molar-refractivity contribution >= 4 is 11.3 Å². The molecule has 0 aliphatic rings. The van der Waals surface area contributed by atoms with Crippen LogP contribution in [-0.4, -0.2) is 6.54 Å². The Labute approximate surface area is 133 Å². The molecule has 1 nitrogen and oxygen atoms in total. The first-order valence-electron chi connectivity index (χ1n) is 8.20. The number of rotatable bonds is 8. The van der Waals surface area contributed by atoms with E-state index in [9.17, 15) is 0 Å². The Morgan fingerprint density at radius 2 is 1.71 bits per heavy atom. The van der Waals surface area contributed by atoms with Crippen molar-refractivity contribution in [2.45, 2.75) is 52.5 Å². The van der Waals surface area contributed by atoms with Crippen LogP contribution >= 0.6 is 11.3 Å². The monoisotopic (exact) mass is 301 g/mol. The van der Waals surface area contributed by atoms with E-state index in [1.807, 2.05) is 11.3 Å². The van der Waals surface area contributed by atoms with Gasteiger partial charge in [0.1, 0.15) is 0 Å². The Bertz CT molecular complexity index is 527. The highest BCUT2D eigenvalue weighted by molar-refractivity contribution is 7.15. The standard InChI is InChI=1S/C19H27NS/c1-4-7-17(20-14-5-2)19-13-12-18(21-19)16-10-8-15(6-3)9-11-16/h8-13,17,20H,4-7,14H2,1-3H3. The average molecular weight is 301 g/mol. The molecule has 2 rings (SSSR count). The summed E-state index contributed by atoms with van der Waals surface area (Å²) in [5.74, 6) is 0. The quantitative estimate of drug-likeness (QED) is 0.648. The molecule has 2 aromatic rings. The summed E-state index contributed by atoms with van der Waals surface area (Å²) in [5.41, 5.74) is 2.75. The Kier molecular flexibility index (Phi) is 6.47. The molecule has 1 atom stereocenters. The second-order valence-electron chi connectivity index (χ2n) is 5.55. The van der Waals surface area contributed by atoms with E-state index in [1.54, 1.807) is 0 Å². The van der Waals surface area contributed by atoms with Crippen LogP contribution in [0.1, 0.15) is 56.5 Å². The molecule has 1 N–H and O–H groups in total. The molecule has 0 aliphatic heterocycles. The highest BCUT2D eigenvalue weighted by atomic mass is 32.1. The Morgan fingerprint density at radius 1 is 0.952 bits per heavy atom. The van der Waals surface area contributed by atoms with E-state index >= 15 is 0 Å². The van der Waals surface area contributed by atoms with Crippen molar-refractivity contribution in [2.75, 3.05) is 6.54 Å². The lowest BCUT2D eigenvalue weighted by Gasteiger charge is -2.16. The fourth-order valence-electron chi connectivity index (χ4n) is 2.55. The van der Waals surface area contributed by atoms with Crippen LogP contribution in [0, 0.1) is 0 Å². The van der Waals surface area contributed by atoms with E-state index in [4.69, 9.17) is 0 Å². The highest BCUT2D eigenvalue weighted by Crippen LogP contribution is 2.33. The molecule has 0 saturated heterocycles. The zero-order valence-corrected chi connectivity index (χ0v) is 14.3. The second-order valence-corrected chi connectivity index (χ2v) is 6.66. The Balaban J connectivity index is 2.14. The van der Waals surface area contributed by atoms with Crippen LogP contribution in [0.5, 0.6) is 0 Å². The lowest BCUT2D eigenvalue weighted by atomic mass is 10.1. The van der Waals surface area contributed by atoms with Crippen molar-refractivity contribution in [3.8, 4) is 10.4 Å². The van der Waals surface area contributed by atoms with Gasteiger partial charge in [-0.3, -0.25) is 0 Å². The van der Waals surface area contributed by atoms with Crippen molar-refractivity contribution in [3.63, 3.8) is 0 Å². The minimum absolute atomic E-state index is 0.517. The molecule has 21 heavy (non-hydrogen) atoms. The molecule has 2 heteroatoms. The van der Waals surface area contributed by atoms with Gasteiger partial charge in [0.25, 0.3) is 0 Å². The van der Waals surface area contributed by atoms with Crippen LogP contribution in [0.3, 0.4) is 0 Å². The summed E-state index contributed by atoms with van der Waals surface area (Å²) in [5, 5.41) is 3.68. The molecule has 0 amide bonds. The second kappa shape index (κ2) is 8.35. The summed E-state index contributed by atoms with van der Waals surface area (Å²) in [6.07, 6.45) is 4.74. The van der Waals surface area contributed by atoms with Crippen LogP contribution in [0.2, 0.25) is 0 Å². The third-order valence-corrected chi connectivity index (χ3v) is 5.08. The maximum atomic E-state index is 3.68. The third kappa shape index (κ3) is 4.42. The maximum Gasteiger partial charge on any atom is 0.0414 e. The molecule has 1 heterocycles. The highest BCUT2D eigenvalue weighted by Gasteiger charge is 2.12. The van der Waals surface area contributed by atoms with Crippen LogP contribution in [0.15, 0.2) is 36.4 Å². The first kappa shape index (κ1) is 16.3. The number of aryl methyl sites for hydroxylation is 1. The molecule has 0 bridgehead atoms. The van der Waals surface area contributed by atoms with E-state index in [0.29, 0.717) is 6.04 Å². The SMILES string of the molecule is CCCNC(CCC)c1ccc(-c2ccc(CC)cc2)s1. The molecule has 0 spiro atoms. The van der Waals surface area contributed by atoms with Gasteiger partial charge in [-0.2, -0.15) is 0 Å². The van der Waals surface area contributed by atoms with E-state index in [2.05, 4.69) is 62.5 Å². The summed E-state index contributed by atoms with van der Waals surface area (Å²) in [7, 11) is 0. The zero-order chi connectivity index (χ0) is 15.1. The van der Waals surface area contributed by atoms with Gasteiger partial charge < -0.3 is 5.32 Å². The fourth-order valence-corrected chi connectivity index (χ4v) is 3.68. The van der Waals surface area contributed by atoms with Gasteiger partial charge in [-0.05, 0) is 49.1 Å². The Hall–Kier alpha value is -1.12. The lowest BCUT2D eigenvalue weighted by molar-refractivity contribution is 0.501. The van der Waals surface area contributed by atoms with E-state index in [0.717, 1.165) is 13.0 Å². The molecular weight excluding hydrogens is 274 g/mol. The van der Waals surface area contributed by atoms with E-state index in [1.165, 1.54) is 40.1 Å². The van der Waals surface area contributed by atoms with Crippen molar-refractivity contribution < 1.29 is 0 Å². The molecule has 0 aliphatic carbocycles. The summed E-state index contributed by atoms with van der Waals surface area (Å²) >= 11 is 1.94. The summed E-state index contributed by atoms with van der Waals surface area (Å²) in [4.78, 5) is 2.85. The first-order chi connectivity index (χ1) is 10.3. The molecule has 1 unspecified atom stereocenters. The van der Waals surface area contributed by atoms with E-state index in [-0.39, 0.29) is 0 Å². The number of hydrogen-bond acceptors (Lipinski definition) is 2. The predicted octanol–water partition coefficient (Wildman–Crippen LogP) is 5.82. The van der Waals surface area contributed by atoms with Gasteiger partial charge in [0.15, 0.2) is 0 Å². The summed E-state index contributed by atoms with van der Waals surface area (Å²) < 4.78 is 0. The maximum absolute atomic E-state index is 3.68. The molecule has 114 valence electrons. The molecule has 0 radical (unpaired) electrons. The predicted molar refractivity (Wildman–Crippen MR) is 95.1 cm³/mol. The largest absolute Gasteiger partial charge is 0.309 e. The van der Waals surface area contributed by atoms with Crippen LogP contribution < -0.4 is 5.32 Å². The van der Waals surface area contributed by atoms with Gasteiger partial charge >= 0.3 is 0 Å². The summed E-state index contributed by atoms with van der Waals surface area (Å²) in [6.45, 7) is 7.79. The van der Waals surface area contributed by atoms with Crippen LogP contribution in [0.4, 0.5) is 0 Å². The molecule has 1 aromatic carbocycles. The average Bonchev–Trinajstić information content (AvgIpc) is 3.01. The van der Waals surface area contributed by atoms with Crippen molar-refractivity contribution in [1.29, 1.82) is 0 Å². The van der Waals surface area contributed by atoms with Gasteiger partial charge in [0.2, 0.25) is 0 Å². The number of hydrogen-bond donors (Lipinski definition) is 1. The molecule has 0 saturated carbocycles. The van der Waals surface area contributed by atoms with Gasteiger partial charge in [-0.1, -0.05) is 51.5 Å². The minimum Gasteiger partial charge on any atom is -0.309 e. The van der Waals surface area contributed by atoms with Gasteiger partial charge in [0, 0.05) is 15.8 Å². The third-order valence-electron chi connectivity index (χ3n) is 3.84. The number of nitrogens with one attached hydrogen (secondary N) is 1. The fraction of sp³-hybridized carbons (Fsp3) is 0.474. The number of benzene rings is 1. The van der Waals surface area contributed by atoms with Gasteiger partial charge in [0.05, 0.1) is 0 Å². The molecular formula is C19H27NS. The normalized spacial score (nSPS) is 12.5. The Morgan fingerprint density at radius 3 is 2.33 bits per heavy atom. The van der Waals surface area contributed by atoms with E-state index < -0.39 is 0 Å². The van der Waals surface area contributed by atoms with Crippen LogP contribution in [-0.2, 0) is 6.42 Å². The minimum atomic E-state index is 0.517.